The maximum absolute atomic E-state index is 13.0. The third-order valence-electron chi connectivity index (χ3n) is 4.00. The molecule has 0 radical (unpaired) electrons. The summed E-state index contributed by atoms with van der Waals surface area (Å²) in [6.07, 6.45) is -1.52. The normalized spacial score (nSPS) is 17.3. The molecule has 1 aliphatic rings. The van der Waals surface area contributed by atoms with Crippen LogP contribution in [0.15, 0.2) is 30.6 Å². The lowest BCUT2D eigenvalue weighted by molar-refractivity contribution is -0.145. The van der Waals surface area contributed by atoms with Gasteiger partial charge in [-0.05, 0) is 31.3 Å². The number of likely N-dealkylation sites (tertiary alicyclic amines) is 1. The summed E-state index contributed by atoms with van der Waals surface area (Å²) < 4.78 is 50.6. The highest BCUT2D eigenvalue weighted by Gasteiger charge is 2.32. The van der Waals surface area contributed by atoms with Crippen LogP contribution in [0.4, 0.5) is 13.2 Å². The van der Waals surface area contributed by atoms with E-state index in [0.717, 1.165) is 25.2 Å². The van der Waals surface area contributed by atoms with Gasteiger partial charge in [-0.1, -0.05) is 0 Å². The molecular weight excluding hydrogens is 365 g/mol. The molecule has 0 amide bonds. The van der Waals surface area contributed by atoms with Gasteiger partial charge in [0.2, 0.25) is 0 Å². The van der Waals surface area contributed by atoms with Crippen LogP contribution in [-0.2, 0) is 10.9 Å². The Bertz CT molecular complexity index is 816. The van der Waals surface area contributed by atoms with Crippen LogP contribution in [0.5, 0.6) is 5.75 Å². The first kappa shape index (κ1) is 19.3. The summed E-state index contributed by atoms with van der Waals surface area (Å²) in [5, 5.41) is 13.9. The highest BCUT2D eigenvalue weighted by molar-refractivity contribution is 5.59. The van der Waals surface area contributed by atoms with Crippen molar-refractivity contribution in [1.82, 2.24) is 19.7 Å². The molecule has 146 valence electrons. The number of aliphatic hydroxyl groups excluding tert-OH is 1. The molecule has 1 atom stereocenters. The smallest absolute Gasteiger partial charge is 0.416 e. The Morgan fingerprint density at radius 1 is 1.30 bits per heavy atom. The molecule has 1 unspecified atom stereocenters. The molecular formula is C17H19F3N4O3. The Morgan fingerprint density at radius 2 is 2.04 bits per heavy atom. The number of aromatic nitrogens is 3. The summed E-state index contributed by atoms with van der Waals surface area (Å²) in [5.41, 5.74) is -0.679. The second kappa shape index (κ2) is 7.67. The zero-order valence-electron chi connectivity index (χ0n) is 14.7. The highest BCUT2D eigenvalue weighted by atomic mass is 19.4. The molecule has 2 heterocycles. The van der Waals surface area contributed by atoms with Crippen LogP contribution < -0.4 is 4.74 Å². The molecule has 0 aliphatic carbocycles. The summed E-state index contributed by atoms with van der Waals surface area (Å²) in [6, 6.07) is 3.28. The number of hydrogen-bond acceptors (Lipinski definition) is 6. The van der Waals surface area contributed by atoms with E-state index in [2.05, 4.69) is 10.1 Å². The molecule has 1 aromatic carbocycles. The van der Waals surface area contributed by atoms with Crippen LogP contribution in [0.1, 0.15) is 5.56 Å². The van der Waals surface area contributed by atoms with Crippen molar-refractivity contribution in [2.75, 3.05) is 27.2 Å². The van der Waals surface area contributed by atoms with Gasteiger partial charge in [-0.15, -0.1) is 5.10 Å². The van der Waals surface area contributed by atoms with Gasteiger partial charge in [0.05, 0.1) is 18.8 Å². The molecule has 1 fully saturated rings. The first-order valence-corrected chi connectivity index (χ1v) is 8.13. The van der Waals surface area contributed by atoms with Crippen molar-refractivity contribution >= 4 is 6.20 Å². The number of alkyl halides is 3. The maximum atomic E-state index is 13.0. The van der Waals surface area contributed by atoms with Crippen molar-refractivity contribution in [2.24, 2.45) is 0 Å². The van der Waals surface area contributed by atoms with Gasteiger partial charge in [-0.2, -0.15) is 13.2 Å². The molecule has 10 heteroatoms. The number of halogens is 3. The molecule has 3 rings (SSSR count). The van der Waals surface area contributed by atoms with E-state index in [-0.39, 0.29) is 23.2 Å². The summed E-state index contributed by atoms with van der Waals surface area (Å²) in [4.78, 5) is 6.06. The van der Waals surface area contributed by atoms with E-state index in [9.17, 15) is 18.3 Å². The SMILES string of the molecule is COc1cc(-c2ncn(/C=C\C(O)OC3CN(C)C3)n2)cc(C(F)(F)F)c1. The van der Waals surface area contributed by atoms with E-state index in [1.165, 1.54) is 36.5 Å². The molecule has 2 aromatic rings. The number of methoxy groups -OCH3 is 1. The quantitative estimate of drug-likeness (QED) is 0.769. The second-order valence-corrected chi connectivity index (χ2v) is 6.21. The fraction of sp³-hybridized carbons (Fsp3) is 0.412. The predicted molar refractivity (Wildman–Crippen MR) is 90.7 cm³/mol. The first-order valence-electron chi connectivity index (χ1n) is 8.13. The van der Waals surface area contributed by atoms with E-state index in [1.54, 1.807) is 0 Å². The van der Waals surface area contributed by atoms with Gasteiger partial charge in [0, 0.05) is 24.9 Å². The third-order valence-corrected chi connectivity index (χ3v) is 4.00. The van der Waals surface area contributed by atoms with Crippen molar-refractivity contribution in [3.05, 3.63) is 36.2 Å². The average Bonchev–Trinajstić information content (AvgIpc) is 3.06. The van der Waals surface area contributed by atoms with Crippen molar-refractivity contribution in [3.63, 3.8) is 0 Å². The summed E-state index contributed by atoms with van der Waals surface area (Å²) in [6.45, 7) is 1.49. The monoisotopic (exact) mass is 384 g/mol. The van der Waals surface area contributed by atoms with E-state index in [1.807, 2.05) is 11.9 Å². The van der Waals surface area contributed by atoms with Gasteiger partial charge >= 0.3 is 6.18 Å². The molecule has 0 bridgehead atoms. The standard InChI is InChI=1S/C17H19F3N4O3/c1-23-8-14(9-23)27-15(25)3-4-24-10-21-16(22-24)11-5-12(17(18,19)20)7-13(6-11)26-2/h3-7,10,14-15,25H,8-9H2,1-2H3/b4-3-. The van der Waals surface area contributed by atoms with Crippen molar-refractivity contribution in [3.8, 4) is 17.1 Å². The van der Waals surface area contributed by atoms with Crippen LogP contribution in [0.3, 0.4) is 0 Å². The van der Waals surface area contributed by atoms with Gasteiger partial charge in [0.25, 0.3) is 0 Å². The number of ether oxygens (including phenoxy) is 2. The number of benzene rings is 1. The van der Waals surface area contributed by atoms with Crippen LogP contribution >= 0.6 is 0 Å². The molecule has 7 nitrogen and oxygen atoms in total. The number of hydrogen-bond donors (Lipinski definition) is 1. The lowest BCUT2D eigenvalue weighted by Gasteiger charge is -2.36. The fourth-order valence-corrected chi connectivity index (χ4v) is 2.62. The maximum Gasteiger partial charge on any atom is 0.416 e. The van der Waals surface area contributed by atoms with Gasteiger partial charge in [0.1, 0.15) is 12.1 Å². The minimum absolute atomic E-state index is 0.0291. The summed E-state index contributed by atoms with van der Waals surface area (Å²) >= 11 is 0. The zero-order chi connectivity index (χ0) is 19.6. The third kappa shape index (κ3) is 4.85. The average molecular weight is 384 g/mol. The second-order valence-electron chi connectivity index (χ2n) is 6.21. The molecule has 0 spiro atoms. The van der Waals surface area contributed by atoms with Gasteiger partial charge in [0.15, 0.2) is 12.1 Å². The number of likely N-dealkylation sites (N-methyl/N-ethyl adjacent to an activating group) is 1. The largest absolute Gasteiger partial charge is 0.497 e. The molecule has 1 aromatic heterocycles. The van der Waals surface area contributed by atoms with E-state index in [0.29, 0.717) is 0 Å². The van der Waals surface area contributed by atoms with Crippen molar-refractivity contribution < 1.29 is 27.8 Å². The van der Waals surface area contributed by atoms with Crippen LogP contribution in [0, 0.1) is 0 Å². The van der Waals surface area contributed by atoms with Gasteiger partial charge in [-0.3, -0.25) is 0 Å². The fourth-order valence-electron chi connectivity index (χ4n) is 2.62. The predicted octanol–water partition coefficient (Wildman–Crippen LogP) is 2.09. The van der Waals surface area contributed by atoms with Crippen molar-refractivity contribution in [2.45, 2.75) is 18.6 Å². The lowest BCUT2D eigenvalue weighted by Crippen LogP contribution is -2.50. The van der Waals surface area contributed by atoms with Crippen LogP contribution in [0.2, 0.25) is 0 Å². The van der Waals surface area contributed by atoms with E-state index >= 15 is 0 Å². The Balaban J connectivity index is 1.72. The Hall–Kier alpha value is -2.43. The Kier molecular flexibility index (Phi) is 5.49. The minimum Gasteiger partial charge on any atom is -0.497 e. The van der Waals surface area contributed by atoms with Gasteiger partial charge in [-0.25, -0.2) is 9.67 Å². The molecule has 0 saturated carbocycles. The van der Waals surface area contributed by atoms with Crippen molar-refractivity contribution in [1.29, 1.82) is 0 Å². The zero-order valence-corrected chi connectivity index (χ0v) is 14.7. The summed E-state index contributed by atoms with van der Waals surface area (Å²) in [5.74, 6) is 0.154. The first-order chi connectivity index (χ1) is 12.7. The van der Waals surface area contributed by atoms with Crippen LogP contribution in [0.25, 0.3) is 17.6 Å². The molecule has 1 aliphatic heterocycles. The topological polar surface area (TPSA) is 72.6 Å². The molecule has 1 saturated heterocycles. The molecule has 27 heavy (non-hydrogen) atoms. The number of aliphatic hydroxyl groups is 1. The van der Waals surface area contributed by atoms with Crippen LogP contribution in [-0.4, -0.2) is 64.4 Å². The summed E-state index contributed by atoms with van der Waals surface area (Å²) in [7, 11) is 3.23. The Labute approximate surface area is 153 Å². The number of rotatable bonds is 6. The lowest BCUT2D eigenvalue weighted by atomic mass is 10.1. The van der Waals surface area contributed by atoms with Gasteiger partial charge < -0.3 is 19.5 Å². The molecule has 1 N–H and O–H groups in total. The number of nitrogens with zero attached hydrogens (tertiary/aromatic N) is 4. The Morgan fingerprint density at radius 3 is 2.67 bits per heavy atom. The van der Waals surface area contributed by atoms with E-state index in [4.69, 9.17) is 9.47 Å². The minimum atomic E-state index is -4.51. The van der Waals surface area contributed by atoms with E-state index < -0.39 is 18.0 Å². The highest BCUT2D eigenvalue weighted by Crippen LogP contribution is 2.34.